The van der Waals surface area contributed by atoms with Crippen molar-refractivity contribution < 1.29 is 47.6 Å². The Morgan fingerprint density at radius 2 is 1.39 bits per heavy atom. The van der Waals surface area contributed by atoms with Gasteiger partial charge in [0, 0.05) is 6.42 Å². The van der Waals surface area contributed by atoms with Crippen molar-refractivity contribution in [3.8, 4) is 11.5 Å². The van der Waals surface area contributed by atoms with E-state index in [-0.39, 0.29) is 43.7 Å². The number of nitrogens with two attached hydrogens (primary N) is 1. The van der Waals surface area contributed by atoms with E-state index in [1.807, 2.05) is 27.7 Å². The maximum absolute atomic E-state index is 12.5. The molecular formula is C30H47NO10. The normalized spacial score (nSPS) is 12.3. The Hall–Kier alpha value is -3.34. The van der Waals surface area contributed by atoms with Gasteiger partial charge in [-0.05, 0) is 56.2 Å². The Morgan fingerprint density at radius 3 is 1.95 bits per heavy atom. The number of esters is 2. The predicted octanol–water partition coefficient (Wildman–Crippen LogP) is 5.88. The van der Waals surface area contributed by atoms with Gasteiger partial charge in [-0.3, -0.25) is 9.59 Å². The molecule has 1 aromatic carbocycles. The van der Waals surface area contributed by atoms with E-state index in [1.54, 1.807) is 13.0 Å². The molecule has 11 nitrogen and oxygen atoms in total. The fraction of sp³-hybridized carbons (Fsp3) is 0.667. The third-order valence-electron chi connectivity index (χ3n) is 5.81. The summed E-state index contributed by atoms with van der Waals surface area (Å²) in [5, 5.41) is 0. The van der Waals surface area contributed by atoms with Crippen molar-refractivity contribution in [1.29, 1.82) is 0 Å². The molecule has 1 aromatic rings. The third-order valence-corrected chi connectivity index (χ3v) is 5.81. The van der Waals surface area contributed by atoms with Crippen LogP contribution >= 0.6 is 0 Å². The summed E-state index contributed by atoms with van der Waals surface area (Å²) < 4.78 is 31.2. The Bertz CT molecular complexity index is 949. The zero-order chi connectivity index (χ0) is 30.6. The van der Waals surface area contributed by atoms with E-state index < -0.39 is 30.4 Å². The summed E-state index contributed by atoms with van der Waals surface area (Å²) in [6, 6.07) is 3.37. The molecule has 0 aliphatic carbocycles. The topological polar surface area (TPSA) is 150 Å². The summed E-state index contributed by atoms with van der Waals surface area (Å²) in [6.07, 6.45) is 3.65. The lowest BCUT2D eigenvalue weighted by atomic mass is 10.1. The number of benzene rings is 1. The van der Waals surface area contributed by atoms with Crippen molar-refractivity contribution in [2.24, 2.45) is 11.7 Å². The Morgan fingerprint density at radius 1 is 0.805 bits per heavy atom. The molecule has 0 amide bonds. The van der Waals surface area contributed by atoms with E-state index in [0.717, 1.165) is 25.7 Å². The van der Waals surface area contributed by atoms with Crippen molar-refractivity contribution in [2.45, 2.75) is 105 Å². The van der Waals surface area contributed by atoms with Crippen LogP contribution < -0.4 is 15.2 Å². The van der Waals surface area contributed by atoms with Gasteiger partial charge in [0.05, 0.1) is 13.2 Å². The van der Waals surface area contributed by atoms with Gasteiger partial charge in [0.2, 0.25) is 0 Å². The molecule has 41 heavy (non-hydrogen) atoms. The van der Waals surface area contributed by atoms with Crippen molar-refractivity contribution in [3.63, 3.8) is 0 Å². The maximum Gasteiger partial charge on any atom is 0.513 e. The van der Waals surface area contributed by atoms with Gasteiger partial charge >= 0.3 is 24.2 Å². The minimum atomic E-state index is -1.05. The molecule has 0 fully saturated rings. The monoisotopic (exact) mass is 581 g/mol. The van der Waals surface area contributed by atoms with Crippen LogP contribution in [0.5, 0.6) is 11.5 Å². The molecule has 0 saturated carbocycles. The molecule has 11 heteroatoms. The van der Waals surface area contributed by atoms with Crippen molar-refractivity contribution in [2.75, 3.05) is 19.8 Å². The second kappa shape index (κ2) is 20.5. The molecule has 0 spiro atoms. The van der Waals surface area contributed by atoms with Gasteiger partial charge in [0.15, 0.2) is 11.5 Å². The third kappa shape index (κ3) is 16.5. The SMILES string of the molecule is CCCCCOC(=O)Oc1ccc(C[C@H](N)C(=O)OC[C@H](C)OC(=O)CCC(C)C)cc1OC(=O)OCCCCC. The van der Waals surface area contributed by atoms with E-state index in [4.69, 9.17) is 34.2 Å². The van der Waals surface area contributed by atoms with Gasteiger partial charge < -0.3 is 34.2 Å². The van der Waals surface area contributed by atoms with Gasteiger partial charge in [-0.25, -0.2) is 9.59 Å². The minimum Gasteiger partial charge on any atom is -0.461 e. The van der Waals surface area contributed by atoms with E-state index in [9.17, 15) is 19.2 Å². The van der Waals surface area contributed by atoms with E-state index in [1.165, 1.54) is 12.1 Å². The van der Waals surface area contributed by atoms with Crippen LogP contribution in [0.3, 0.4) is 0 Å². The molecule has 0 unspecified atom stereocenters. The number of carbonyl (C=O) groups excluding carboxylic acids is 4. The molecular weight excluding hydrogens is 534 g/mol. The molecule has 0 aliphatic rings. The van der Waals surface area contributed by atoms with Gasteiger partial charge in [-0.15, -0.1) is 0 Å². The van der Waals surface area contributed by atoms with E-state index in [0.29, 0.717) is 37.2 Å². The first kappa shape index (κ1) is 35.7. The predicted molar refractivity (Wildman–Crippen MR) is 152 cm³/mol. The quantitative estimate of drug-likeness (QED) is 0.0903. The van der Waals surface area contributed by atoms with E-state index >= 15 is 0 Å². The lowest BCUT2D eigenvalue weighted by molar-refractivity contribution is -0.158. The van der Waals surface area contributed by atoms with Crippen LogP contribution in [-0.4, -0.2) is 56.2 Å². The highest BCUT2D eigenvalue weighted by molar-refractivity contribution is 5.76. The molecule has 0 radical (unpaired) electrons. The highest BCUT2D eigenvalue weighted by Crippen LogP contribution is 2.30. The van der Waals surface area contributed by atoms with Crippen molar-refractivity contribution >= 4 is 24.2 Å². The summed E-state index contributed by atoms with van der Waals surface area (Å²) in [5.74, 6) is -0.806. The molecule has 2 N–H and O–H groups in total. The smallest absolute Gasteiger partial charge is 0.461 e. The van der Waals surface area contributed by atoms with Gasteiger partial charge in [-0.1, -0.05) is 59.4 Å². The average Bonchev–Trinajstić information content (AvgIpc) is 2.92. The van der Waals surface area contributed by atoms with Crippen LogP contribution in [0.25, 0.3) is 0 Å². The molecule has 232 valence electrons. The van der Waals surface area contributed by atoms with E-state index in [2.05, 4.69) is 0 Å². The lowest BCUT2D eigenvalue weighted by Gasteiger charge is -2.17. The molecule has 0 aliphatic heterocycles. The summed E-state index contributed by atoms with van der Waals surface area (Å²) in [7, 11) is 0. The van der Waals surface area contributed by atoms with Crippen LogP contribution in [0.15, 0.2) is 18.2 Å². The number of ether oxygens (including phenoxy) is 6. The largest absolute Gasteiger partial charge is 0.513 e. The molecule has 0 saturated heterocycles. The molecule has 0 aromatic heterocycles. The number of rotatable bonds is 19. The van der Waals surface area contributed by atoms with Crippen LogP contribution in [0.4, 0.5) is 9.59 Å². The van der Waals surface area contributed by atoms with Gasteiger partial charge in [0.25, 0.3) is 0 Å². The van der Waals surface area contributed by atoms with Gasteiger partial charge in [0.1, 0.15) is 18.8 Å². The molecule has 0 bridgehead atoms. The Balaban J connectivity index is 2.79. The first-order valence-electron chi connectivity index (χ1n) is 14.5. The van der Waals surface area contributed by atoms with Crippen molar-refractivity contribution in [3.05, 3.63) is 23.8 Å². The maximum atomic E-state index is 12.5. The standard InChI is InChI=1S/C30H47NO10/c1-6-8-10-16-36-29(34)40-25-14-13-23(19-26(25)41-30(35)37-17-11-9-7-2)18-24(31)28(33)38-20-22(5)39-27(32)15-12-21(3)4/h13-14,19,21-22,24H,6-12,15-18,20,31H2,1-5H3/t22-,24-/m0/s1. The minimum absolute atomic E-state index is 0.0328. The fourth-order valence-electron chi connectivity index (χ4n) is 3.46. The summed E-state index contributed by atoms with van der Waals surface area (Å²) in [4.78, 5) is 48.7. The molecule has 2 atom stereocenters. The molecule has 0 heterocycles. The first-order valence-corrected chi connectivity index (χ1v) is 14.5. The number of hydrogen-bond donors (Lipinski definition) is 1. The summed E-state index contributed by atoms with van der Waals surface area (Å²) in [5.41, 5.74) is 6.56. The van der Waals surface area contributed by atoms with Crippen molar-refractivity contribution in [1.82, 2.24) is 0 Å². The highest BCUT2D eigenvalue weighted by atomic mass is 16.7. The van der Waals surface area contributed by atoms with Gasteiger partial charge in [-0.2, -0.15) is 0 Å². The second-order valence-electron chi connectivity index (χ2n) is 10.3. The number of carbonyl (C=O) groups is 4. The summed E-state index contributed by atoms with van der Waals surface area (Å²) >= 11 is 0. The number of unbranched alkanes of at least 4 members (excludes halogenated alkanes) is 4. The number of hydrogen-bond acceptors (Lipinski definition) is 11. The van der Waals surface area contributed by atoms with Crippen LogP contribution in [0.1, 0.15) is 91.5 Å². The van der Waals surface area contributed by atoms with Crippen LogP contribution in [0.2, 0.25) is 0 Å². The lowest BCUT2D eigenvalue weighted by Crippen LogP contribution is -2.36. The second-order valence-corrected chi connectivity index (χ2v) is 10.3. The van der Waals surface area contributed by atoms with Crippen LogP contribution in [-0.2, 0) is 35.0 Å². The molecule has 1 rings (SSSR count). The van der Waals surface area contributed by atoms with Crippen LogP contribution in [0, 0.1) is 5.92 Å². The Labute approximate surface area is 243 Å². The zero-order valence-electron chi connectivity index (χ0n) is 25.1. The highest BCUT2D eigenvalue weighted by Gasteiger charge is 2.21. The summed E-state index contributed by atoms with van der Waals surface area (Å²) in [6.45, 7) is 9.97. The Kier molecular flexibility index (Phi) is 17.9. The fourth-order valence-corrected chi connectivity index (χ4v) is 3.46. The zero-order valence-corrected chi connectivity index (χ0v) is 25.1. The average molecular weight is 582 g/mol. The first-order chi connectivity index (χ1) is 19.5.